The van der Waals surface area contributed by atoms with Gasteiger partial charge in [-0.1, -0.05) is 19.1 Å². The van der Waals surface area contributed by atoms with Crippen LogP contribution in [-0.2, 0) is 27.3 Å². The first-order chi connectivity index (χ1) is 20.2. The molecule has 5 rings (SSSR count). The molecule has 0 aliphatic carbocycles. The van der Waals surface area contributed by atoms with Crippen molar-refractivity contribution < 1.29 is 49.4 Å². The SMILES string of the molecule is CCS(=O)(=O)c1ccc([C@H](COC)NC(=O)c2ccc3c(c2)nc(C(F)(F)F)n3Cc2cccc3c2OC(F)(F)O3)nc1. The number of imidazole rings is 1. The van der Waals surface area contributed by atoms with Crippen LogP contribution in [0.2, 0.25) is 0 Å². The van der Waals surface area contributed by atoms with Crippen LogP contribution in [-0.4, -0.2) is 54.6 Å². The maximum Gasteiger partial charge on any atom is 0.586 e. The Morgan fingerprint density at radius 3 is 2.56 bits per heavy atom. The lowest BCUT2D eigenvalue weighted by atomic mass is 10.1. The van der Waals surface area contributed by atoms with E-state index in [1.54, 1.807) is 0 Å². The number of sulfone groups is 1. The molecule has 0 bridgehead atoms. The van der Waals surface area contributed by atoms with Gasteiger partial charge < -0.3 is 24.1 Å². The summed E-state index contributed by atoms with van der Waals surface area (Å²) in [5, 5.41) is 2.68. The van der Waals surface area contributed by atoms with Crippen molar-refractivity contribution in [3.63, 3.8) is 0 Å². The number of aromatic nitrogens is 3. The summed E-state index contributed by atoms with van der Waals surface area (Å²) in [6.07, 6.45) is -7.72. The number of halogens is 5. The minimum absolute atomic E-state index is 0.00560. The highest BCUT2D eigenvalue weighted by atomic mass is 32.2. The van der Waals surface area contributed by atoms with Gasteiger partial charge in [-0.05, 0) is 36.4 Å². The zero-order valence-corrected chi connectivity index (χ0v) is 23.3. The Balaban J connectivity index is 1.45. The predicted octanol–water partition coefficient (Wildman–Crippen LogP) is 4.73. The fourth-order valence-corrected chi connectivity index (χ4v) is 5.35. The quantitative estimate of drug-likeness (QED) is 0.265. The van der Waals surface area contributed by atoms with Crippen molar-refractivity contribution in [2.45, 2.75) is 36.9 Å². The van der Waals surface area contributed by atoms with Crippen molar-refractivity contribution in [2.24, 2.45) is 0 Å². The summed E-state index contributed by atoms with van der Waals surface area (Å²) in [6.45, 7) is 0.914. The Morgan fingerprint density at radius 1 is 1.14 bits per heavy atom. The third-order valence-corrected chi connectivity index (χ3v) is 8.32. The molecule has 1 aliphatic heterocycles. The van der Waals surface area contributed by atoms with E-state index in [1.165, 1.54) is 62.7 Å². The molecular formula is C27H23F5N4O6S. The maximum atomic E-state index is 14.0. The lowest BCUT2D eigenvalue weighted by Gasteiger charge is -2.18. The van der Waals surface area contributed by atoms with Gasteiger partial charge in [-0.15, -0.1) is 8.78 Å². The summed E-state index contributed by atoms with van der Waals surface area (Å²) in [4.78, 5) is 21.0. The van der Waals surface area contributed by atoms with Crippen LogP contribution in [0.4, 0.5) is 22.0 Å². The van der Waals surface area contributed by atoms with Gasteiger partial charge in [0.25, 0.3) is 5.91 Å². The summed E-state index contributed by atoms with van der Waals surface area (Å²) < 4.78 is 108. The molecule has 3 heterocycles. The Labute approximate surface area is 241 Å². The summed E-state index contributed by atoms with van der Waals surface area (Å²) >= 11 is 0. The van der Waals surface area contributed by atoms with E-state index in [0.29, 0.717) is 5.69 Å². The number of alkyl halides is 5. The van der Waals surface area contributed by atoms with E-state index >= 15 is 0 Å². The van der Waals surface area contributed by atoms with Crippen molar-refractivity contribution in [3.05, 3.63) is 77.4 Å². The lowest BCUT2D eigenvalue weighted by Crippen LogP contribution is -2.32. The van der Waals surface area contributed by atoms with E-state index in [2.05, 4.69) is 24.8 Å². The van der Waals surface area contributed by atoms with E-state index in [0.717, 1.165) is 10.6 Å². The van der Waals surface area contributed by atoms with Crippen LogP contribution in [0, 0.1) is 0 Å². The fourth-order valence-electron chi connectivity index (χ4n) is 4.53. The Kier molecular flexibility index (Phi) is 7.77. The number of amides is 1. The summed E-state index contributed by atoms with van der Waals surface area (Å²) in [5.41, 5.74) is 0.0609. The van der Waals surface area contributed by atoms with Crippen molar-refractivity contribution in [3.8, 4) is 11.5 Å². The normalized spacial score (nSPS) is 15.0. The first-order valence-corrected chi connectivity index (χ1v) is 14.3. The van der Waals surface area contributed by atoms with Crippen molar-refractivity contribution in [2.75, 3.05) is 19.5 Å². The Morgan fingerprint density at radius 2 is 1.91 bits per heavy atom. The van der Waals surface area contributed by atoms with E-state index in [1.807, 2.05) is 0 Å². The number of fused-ring (bicyclic) bond motifs is 2. The van der Waals surface area contributed by atoms with Gasteiger partial charge in [0, 0.05) is 24.4 Å². The molecule has 10 nitrogen and oxygen atoms in total. The highest BCUT2D eigenvalue weighted by Crippen LogP contribution is 2.44. The van der Waals surface area contributed by atoms with Gasteiger partial charge in [-0.2, -0.15) is 13.2 Å². The number of carbonyl (C=O) groups is 1. The third kappa shape index (κ3) is 6.10. The molecule has 4 aromatic rings. The zero-order chi connectivity index (χ0) is 31.2. The van der Waals surface area contributed by atoms with Crippen LogP contribution in [0.1, 0.15) is 40.4 Å². The molecular weight excluding hydrogens is 603 g/mol. The number of methoxy groups -OCH3 is 1. The number of benzene rings is 2. The molecule has 16 heteroatoms. The largest absolute Gasteiger partial charge is 0.586 e. The molecule has 0 spiro atoms. The number of para-hydroxylation sites is 1. The van der Waals surface area contributed by atoms with Crippen molar-refractivity contribution >= 4 is 26.8 Å². The molecule has 1 amide bonds. The lowest BCUT2D eigenvalue weighted by molar-refractivity contribution is -0.287. The third-order valence-electron chi connectivity index (χ3n) is 6.60. The van der Waals surface area contributed by atoms with Gasteiger partial charge >= 0.3 is 12.5 Å². The highest BCUT2D eigenvalue weighted by molar-refractivity contribution is 7.91. The van der Waals surface area contributed by atoms with Gasteiger partial charge in [-0.3, -0.25) is 9.78 Å². The number of ether oxygens (including phenoxy) is 3. The second-order valence-electron chi connectivity index (χ2n) is 9.44. The molecule has 0 unspecified atom stereocenters. The van der Waals surface area contributed by atoms with Crippen LogP contribution >= 0.6 is 0 Å². The molecule has 1 atom stereocenters. The first-order valence-electron chi connectivity index (χ1n) is 12.7. The first kappa shape index (κ1) is 30.2. The molecule has 2 aromatic carbocycles. The number of nitrogens with one attached hydrogen (secondary N) is 1. The van der Waals surface area contributed by atoms with Crippen LogP contribution < -0.4 is 14.8 Å². The van der Waals surface area contributed by atoms with Crippen LogP contribution in [0.25, 0.3) is 11.0 Å². The summed E-state index contributed by atoms with van der Waals surface area (Å²) in [5.74, 6) is -2.83. The monoisotopic (exact) mass is 626 g/mol. The molecule has 228 valence electrons. The van der Waals surface area contributed by atoms with Crippen LogP contribution in [0.15, 0.2) is 59.6 Å². The van der Waals surface area contributed by atoms with E-state index < -0.39 is 52.4 Å². The average molecular weight is 627 g/mol. The van der Waals surface area contributed by atoms with Crippen molar-refractivity contribution in [1.82, 2.24) is 19.9 Å². The number of pyridine rings is 1. The second-order valence-corrected chi connectivity index (χ2v) is 11.7. The number of hydrogen-bond acceptors (Lipinski definition) is 8. The summed E-state index contributed by atoms with van der Waals surface area (Å²) in [6, 6.07) is 9.54. The van der Waals surface area contributed by atoms with Crippen LogP contribution in [0.3, 0.4) is 0 Å². The molecule has 2 aromatic heterocycles. The molecule has 1 N–H and O–H groups in total. The Bertz CT molecular complexity index is 1790. The zero-order valence-electron chi connectivity index (χ0n) is 22.5. The van der Waals surface area contributed by atoms with Gasteiger partial charge in [0.1, 0.15) is 0 Å². The number of carbonyl (C=O) groups excluding carboxylic acids is 1. The van der Waals surface area contributed by atoms with Gasteiger partial charge in [0.05, 0.1) is 46.6 Å². The molecule has 0 saturated carbocycles. The second kappa shape index (κ2) is 11.1. The van der Waals surface area contributed by atoms with Gasteiger partial charge in [0.15, 0.2) is 21.3 Å². The Hall–Kier alpha value is -4.31. The predicted molar refractivity (Wildman–Crippen MR) is 141 cm³/mol. The maximum absolute atomic E-state index is 14.0. The number of rotatable bonds is 9. The molecule has 0 radical (unpaired) electrons. The van der Waals surface area contributed by atoms with Crippen molar-refractivity contribution in [1.29, 1.82) is 0 Å². The molecule has 0 saturated heterocycles. The highest BCUT2D eigenvalue weighted by Gasteiger charge is 2.45. The smallest absolute Gasteiger partial charge is 0.395 e. The number of nitrogens with zero attached hydrogens (tertiary/aromatic N) is 3. The van der Waals surface area contributed by atoms with Gasteiger partial charge in [0.2, 0.25) is 5.82 Å². The van der Waals surface area contributed by atoms with E-state index in [9.17, 15) is 35.2 Å². The van der Waals surface area contributed by atoms with Gasteiger partial charge in [-0.25, -0.2) is 13.4 Å². The number of hydrogen-bond donors (Lipinski definition) is 1. The van der Waals surface area contributed by atoms with Crippen LogP contribution in [0.5, 0.6) is 11.5 Å². The minimum atomic E-state index is -4.92. The average Bonchev–Trinajstić information content (AvgIpc) is 3.49. The van der Waals surface area contributed by atoms with E-state index in [4.69, 9.17) is 4.74 Å². The molecule has 1 aliphatic rings. The molecule has 0 fully saturated rings. The summed E-state index contributed by atoms with van der Waals surface area (Å²) in [7, 11) is -2.12. The van der Waals surface area contributed by atoms with E-state index in [-0.39, 0.29) is 45.2 Å². The minimum Gasteiger partial charge on any atom is -0.395 e. The fraction of sp³-hybridized carbons (Fsp3) is 0.296. The standard InChI is InChI=1S/C27H23F5N4O6S/c1-3-43(38,39)17-8-9-18(33-12-17)20(14-40-2)34-24(37)15-7-10-21-19(11-15)35-25(26(28,29)30)36(21)13-16-5-4-6-22-23(16)42-27(31,32)41-22/h4-12,20H,3,13-14H2,1-2H3,(H,34,37)/t20-/m0/s1. The molecule has 43 heavy (non-hydrogen) atoms. The topological polar surface area (TPSA) is 122 Å².